The van der Waals surface area contributed by atoms with Crippen LogP contribution in [0.3, 0.4) is 0 Å². The van der Waals surface area contributed by atoms with Gasteiger partial charge in [0.25, 0.3) is 0 Å². The van der Waals surface area contributed by atoms with E-state index in [0.29, 0.717) is 12.3 Å². The highest BCUT2D eigenvalue weighted by molar-refractivity contribution is 5.76. The Balaban J connectivity index is 0.000000250. The first-order chi connectivity index (χ1) is 22.3. The molecule has 1 aromatic carbocycles. The van der Waals surface area contributed by atoms with Crippen molar-refractivity contribution in [2.24, 2.45) is 35.5 Å². The fourth-order valence-electron chi connectivity index (χ4n) is 6.77. The smallest absolute Gasteiger partial charge is 0.410 e. The van der Waals surface area contributed by atoms with Gasteiger partial charge in [-0.25, -0.2) is 9.59 Å². The minimum atomic E-state index is -0.179. The first-order valence-corrected chi connectivity index (χ1v) is 18.4. The third-order valence-corrected chi connectivity index (χ3v) is 10.3. The SMILES string of the molecule is CC(C)C1CCN(C(=O)CCc2ccccc2)CC1.CC(C)OC(=O)N1CCC(C(C)C)CC1.COC(=O)N1CCC(C(C)C)CC1. The lowest BCUT2D eigenvalue weighted by Gasteiger charge is -2.34. The van der Waals surface area contributed by atoms with Gasteiger partial charge in [-0.3, -0.25) is 4.79 Å². The third kappa shape index (κ3) is 14.9. The lowest BCUT2D eigenvalue weighted by Crippen LogP contribution is -2.40. The maximum atomic E-state index is 12.2. The van der Waals surface area contributed by atoms with Gasteiger partial charge in [0.05, 0.1) is 13.2 Å². The highest BCUT2D eigenvalue weighted by Gasteiger charge is 2.27. The molecule has 0 aromatic heterocycles. The summed E-state index contributed by atoms with van der Waals surface area (Å²) in [5.41, 5.74) is 1.26. The van der Waals surface area contributed by atoms with Crippen LogP contribution in [-0.4, -0.2) is 85.3 Å². The molecule has 0 saturated carbocycles. The van der Waals surface area contributed by atoms with E-state index in [1.165, 1.54) is 25.5 Å². The second-order valence-electron chi connectivity index (χ2n) is 15.0. The summed E-state index contributed by atoms with van der Waals surface area (Å²) in [5.74, 6) is 4.90. The Kier molecular flexibility index (Phi) is 18.3. The zero-order chi connectivity index (χ0) is 34.9. The highest BCUT2D eigenvalue weighted by Crippen LogP contribution is 2.26. The second-order valence-corrected chi connectivity index (χ2v) is 15.0. The molecule has 3 aliphatic heterocycles. The van der Waals surface area contributed by atoms with Gasteiger partial charge < -0.3 is 24.2 Å². The minimum absolute atomic E-state index is 0.0136. The molecular formula is C39H67N3O5. The molecule has 3 saturated heterocycles. The first kappa shape index (κ1) is 40.4. The van der Waals surface area contributed by atoms with Gasteiger partial charge in [0, 0.05) is 45.7 Å². The summed E-state index contributed by atoms with van der Waals surface area (Å²) in [6, 6.07) is 10.3. The normalized spacial score (nSPS) is 18.1. The number of amides is 3. The van der Waals surface area contributed by atoms with Crippen LogP contribution in [0, 0.1) is 35.5 Å². The Morgan fingerprint density at radius 1 is 0.617 bits per heavy atom. The van der Waals surface area contributed by atoms with Crippen molar-refractivity contribution in [2.45, 2.75) is 113 Å². The molecule has 1 aromatic rings. The number of piperidine rings is 3. The number of likely N-dealkylation sites (tertiary alicyclic amines) is 3. The molecule has 8 heteroatoms. The van der Waals surface area contributed by atoms with E-state index in [9.17, 15) is 14.4 Å². The molecule has 4 rings (SSSR count). The van der Waals surface area contributed by atoms with Crippen LogP contribution >= 0.6 is 0 Å². The van der Waals surface area contributed by atoms with Crippen LogP contribution in [0.15, 0.2) is 30.3 Å². The lowest BCUT2D eigenvalue weighted by molar-refractivity contribution is -0.132. The number of benzene rings is 1. The number of methoxy groups -OCH3 is 1. The number of hydrogen-bond donors (Lipinski definition) is 0. The molecule has 47 heavy (non-hydrogen) atoms. The Morgan fingerprint density at radius 2 is 1.00 bits per heavy atom. The molecule has 0 aliphatic carbocycles. The molecular weight excluding hydrogens is 590 g/mol. The molecule has 3 fully saturated rings. The molecule has 3 aliphatic rings. The number of carbonyl (C=O) groups is 3. The summed E-state index contributed by atoms with van der Waals surface area (Å²) in [7, 11) is 1.44. The number of hydrogen-bond acceptors (Lipinski definition) is 5. The average molecular weight is 658 g/mol. The van der Waals surface area contributed by atoms with E-state index in [1.807, 2.05) is 36.9 Å². The van der Waals surface area contributed by atoms with Crippen LogP contribution < -0.4 is 0 Å². The van der Waals surface area contributed by atoms with Crippen LogP contribution in [0.4, 0.5) is 9.59 Å². The molecule has 0 bridgehead atoms. The Labute approximate surface area is 286 Å². The van der Waals surface area contributed by atoms with E-state index in [0.717, 1.165) is 107 Å². The van der Waals surface area contributed by atoms with Crippen LogP contribution in [0.1, 0.15) is 106 Å². The van der Waals surface area contributed by atoms with Gasteiger partial charge in [-0.2, -0.15) is 0 Å². The summed E-state index contributed by atoms with van der Waals surface area (Å²) >= 11 is 0. The minimum Gasteiger partial charge on any atom is -0.453 e. The topological polar surface area (TPSA) is 79.4 Å². The van der Waals surface area contributed by atoms with Crippen molar-refractivity contribution in [3.05, 3.63) is 35.9 Å². The standard InChI is InChI=1S/C17H25NO.C12H23NO2.C10H19NO2/c1-14(2)16-10-12-18(13-11-16)17(19)9-8-15-6-4-3-5-7-15;1-9(2)11-5-7-13(8-6-11)12(14)15-10(3)4;1-8(2)9-4-6-11(7-5-9)10(12)13-3/h3-7,14,16H,8-13H2,1-2H3;9-11H,5-8H2,1-4H3;8-9H,4-7H2,1-3H3. The monoisotopic (exact) mass is 658 g/mol. The first-order valence-electron chi connectivity index (χ1n) is 18.4. The molecule has 0 radical (unpaired) electrons. The fraction of sp³-hybridized carbons (Fsp3) is 0.769. The van der Waals surface area contributed by atoms with Gasteiger partial charge in [0.15, 0.2) is 0 Å². The van der Waals surface area contributed by atoms with Crippen LogP contribution in [-0.2, 0) is 20.7 Å². The Bertz CT molecular complexity index is 1020. The molecule has 3 amide bonds. The van der Waals surface area contributed by atoms with Crippen molar-refractivity contribution in [3.63, 3.8) is 0 Å². The van der Waals surface area contributed by atoms with E-state index in [-0.39, 0.29) is 18.3 Å². The van der Waals surface area contributed by atoms with E-state index in [4.69, 9.17) is 4.74 Å². The number of aryl methyl sites for hydroxylation is 1. The maximum absolute atomic E-state index is 12.2. The van der Waals surface area contributed by atoms with Gasteiger partial charge in [0.1, 0.15) is 0 Å². The van der Waals surface area contributed by atoms with E-state index >= 15 is 0 Å². The van der Waals surface area contributed by atoms with Gasteiger partial charge in [-0.15, -0.1) is 0 Å². The average Bonchev–Trinajstić information content (AvgIpc) is 3.07. The van der Waals surface area contributed by atoms with Crippen molar-refractivity contribution in [1.82, 2.24) is 14.7 Å². The van der Waals surface area contributed by atoms with E-state index in [2.05, 4.69) is 63.3 Å². The van der Waals surface area contributed by atoms with Crippen LogP contribution in [0.5, 0.6) is 0 Å². The summed E-state index contributed by atoms with van der Waals surface area (Å²) in [6.07, 6.45) is 7.99. The van der Waals surface area contributed by atoms with E-state index in [1.54, 1.807) is 4.90 Å². The van der Waals surface area contributed by atoms with Crippen molar-refractivity contribution in [3.8, 4) is 0 Å². The fourth-order valence-corrected chi connectivity index (χ4v) is 6.77. The Morgan fingerprint density at radius 3 is 1.36 bits per heavy atom. The molecule has 0 unspecified atom stereocenters. The molecule has 0 atom stereocenters. The van der Waals surface area contributed by atoms with Gasteiger partial charge in [-0.1, -0.05) is 71.9 Å². The molecule has 268 valence electrons. The van der Waals surface area contributed by atoms with Crippen LogP contribution in [0.2, 0.25) is 0 Å². The Hall–Kier alpha value is -2.77. The molecule has 8 nitrogen and oxygen atoms in total. The summed E-state index contributed by atoms with van der Waals surface area (Å²) in [6.45, 7) is 22.7. The van der Waals surface area contributed by atoms with Crippen molar-refractivity contribution < 1.29 is 23.9 Å². The largest absolute Gasteiger partial charge is 0.453 e. The predicted octanol–water partition coefficient (Wildman–Crippen LogP) is 8.53. The molecule has 0 N–H and O–H groups in total. The maximum Gasteiger partial charge on any atom is 0.410 e. The number of ether oxygens (including phenoxy) is 2. The molecule has 3 heterocycles. The quantitative estimate of drug-likeness (QED) is 0.294. The van der Waals surface area contributed by atoms with Crippen molar-refractivity contribution >= 4 is 18.1 Å². The predicted molar refractivity (Wildman–Crippen MR) is 191 cm³/mol. The van der Waals surface area contributed by atoms with Gasteiger partial charge in [0.2, 0.25) is 5.91 Å². The lowest BCUT2D eigenvalue weighted by atomic mass is 9.86. The van der Waals surface area contributed by atoms with Crippen molar-refractivity contribution in [2.75, 3.05) is 46.4 Å². The second kappa shape index (κ2) is 21.3. The summed E-state index contributed by atoms with van der Waals surface area (Å²) in [5, 5.41) is 0. The van der Waals surface area contributed by atoms with Crippen LogP contribution in [0.25, 0.3) is 0 Å². The molecule has 0 spiro atoms. The zero-order valence-electron chi connectivity index (χ0n) is 31.2. The van der Waals surface area contributed by atoms with Gasteiger partial charge in [-0.05, 0) is 99.9 Å². The van der Waals surface area contributed by atoms with E-state index < -0.39 is 0 Å². The van der Waals surface area contributed by atoms with Gasteiger partial charge >= 0.3 is 12.2 Å². The zero-order valence-corrected chi connectivity index (χ0v) is 31.2. The summed E-state index contributed by atoms with van der Waals surface area (Å²) in [4.78, 5) is 40.6. The highest BCUT2D eigenvalue weighted by atomic mass is 16.6. The summed E-state index contributed by atoms with van der Waals surface area (Å²) < 4.78 is 9.84. The number of rotatable bonds is 7. The third-order valence-electron chi connectivity index (χ3n) is 10.3. The number of carbonyl (C=O) groups excluding carboxylic acids is 3. The van der Waals surface area contributed by atoms with Crippen molar-refractivity contribution in [1.29, 1.82) is 0 Å². The number of nitrogens with zero attached hydrogens (tertiary/aromatic N) is 3.